The summed E-state index contributed by atoms with van der Waals surface area (Å²) >= 11 is 1.83. The summed E-state index contributed by atoms with van der Waals surface area (Å²) in [6.45, 7) is 5.80. The van der Waals surface area contributed by atoms with Gasteiger partial charge in [-0.05, 0) is 99.7 Å². The highest BCUT2D eigenvalue weighted by Gasteiger charge is 2.48. The third-order valence-corrected chi connectivity index (χ3v) is 8.07. The molecule has 3 nitrogen and oxygen atoms in total. The van der Waals surface area contributed by atoms with Crippen LogP contribution in [0.5, 0.6) is 0 Å². The second-order valence-corrected chi connectivity index (χ2v) is 9.72. The van der Waals surface area contributed by atoms with Crippen molar-refractivity contribution < 1.29 is 4.79 Å². The van der Waals surface area contributed by atoms with Crippen molar-refractivity contribution in [1.29, 1.82) is 0 Å². The van der Waals surface area contributed by atoms with E-state index >= 15 is 0 Å². The smallest absolute Gasteiger partial charge is 0.161 e. The number of carbonyl (C=O) groups is 1. The molecule has 0 saturated carbocycles. The third-order valence-electron chi connectivity index (χ3n) is 7.09. The number of rotatable bonds is 4. The van der Waals surface area contributed by atoms with Gasteiger partial charge in [-0.2, -0.15) is 0 Å². The van der Waals surface area contributed by atoms with Crippen LogP contribution in [0.3, 0.4) is 0 Å². The number of thiophene rings is 1. The number of carbonyl (C=O) groups excluding carboxylic acids is 1. The van der Waals surface area contributed by atoms with Gasteiger partial charge in [0, 0.05) is 29.2 Å². The van der Waals surface area contributed by atoms with Crippen molar-refractivity contribution in [1.82, 2.24) is 4.90 Å². The lowest BCUT2D eigenvalue weighted by atomic mass is 9.79. The van der Waals surface area contributed by atoms with Gasteiger partial charge in [0.15, 0.2) is 5.78 Å². The van der Waals surface area contributed by atoms with Gasteiger partial charge in [0.1, 0.15) is 5.54 Å². The molecule has 2 aliphatic heterocycles. The summed E-state index contributed by atoms with van der Waals surface area (Å²) in [5.41, 5.74) is 4.98. The Morgan fingerprint density at radius 3 is 2.57 bits per heavy atom. The first kappa shape index (κ1) is 18.4. The fourth-order valence-corrected chi connectivity index (χ4v) is 6.56. The first-order chi connectivity index (χ1) is 13.7. The van der Waals surface area contributed by atoms with Gasteiger partial charge in [-0.3, -0.25) is 4.79 Å². The zero-order chi connectivity index (χ0) is 19.1. The largest absolute Gasteiger partial charge is 0.354 e. The Morgan fingerprint density at radius 2 is 1.79 bits per heavy atom. The molecule has 1 unspecified atom stereocenters. The zero-order valence-corrected chi connectivity index (χ0v) is 17.7. The van der Waals surface area contributed by atoms with Crippen LogP contribution in [0.2, 0.25) is 0 Å². The number of fused-ring (bicyclic) bond motifs is 2. The molecule has 0 bridgehead atoms. The van der Waals surface area contributed by atoms with E-state index in [4.69, 9.17) is 0 Å². The van der Waals surface area contributed by atoms with Gasteiger partial charge in [-0.15, -0.1) is 11.3 Å². The molecule has 0 radical (unpaired) electrons. The summed E-state index contributed by atoms with van der Waals surface area (Å²) in [6, 6.07) is 9.23. The Bertz CT molecular complexity index is 882. The number of benzene rings is 1. The average molecular weight is 395 g/mol. The number of anilines is 1. The molecule has 1 saturated heterocycles. The van der Waals surface area contributed by atoms with Crippen molar-refractivity contribution in [2.45, 2.75) is 57.4 Å². The predicted octanol–water partition coefficient (Wildman–Crippen LogP) is 4.57. The van der Waals surface area contributed by atoms with Crippen LogP contribution in [0.4, 0.5) is 5.69 Å². The standard InChI is InChI=1S/C24H30N2OS/c1-18(27)24(17-25-12-4-5-13-25)22-11-15-28-23(22)10-14-26(24)21-9-8-19-6-2-3-7-20(19)16-21/h8-9,11,15-16H,2-7,10,12-14,17H2,1H3. The lowest BCUT2D eigenvalue weighted by Gasteiger charge is -2.49. The van der Waals surface area contributed by atoms with Crippen molar-refractivity contribution in [3.05, 3.63) is 51.2 Å². The normalized spacial score (nSPS) is 24.8. The minimum atomic E-state index is -0.541. The number of likely N-dealkylation sites (tertiary alicyclic amines) is 1. The van der Waals surface area contributed by atoms with Gasteiger partial charge in [-0.25, -0.2) is 0 Å². The molecule has 4 heteroatoms. The van der Waals surface area contributed by atoms with Gasteiger partial charge >= 0.3 is 0 Å². The van der Waals surface area contributed by atoms with E-state index < -0.39 is 5.54 Å². The van der Waals surface area contributed by atoms with E-state index in [-0.39, 0.29) is 5.78 Å². The SMILES string of the molecule is CC(=O)C1(CN2CCCC2)c2ccsc2CCN1c1ccc2c(c1)CCCC2. The molecule has 1 atom stereocenters. The highest BCUT2D eigenvalue weighted by atomic mass is 32.1. The fraction of sp³-hybridized carbons (Fsp3) is 0.542. The second-order valence-electron chi connectivity index (χ2n) is 8.72. The summed E-state index contributed by atoms with van der Waals surface area (Å²) in [5.74, 6) is 0.288. The summed E-state index contributed by atoms with van der Waals surface area (Å²) in [5, 5.41) is 2.18. The molecule has 148 valence electrons. The third kappa shape index (κ3) is 2.93. The molecule has 0 spiro atoms. The number of ketones is 1. The average Bonchev–Trinajstić information content (AvgIpc) is 3.39. The van der Waals surface area contributed by atoms with Crippen LogP contribution in [-0.4, -0.2) is 36.9 Å². The van der Waals surface area contributed by atoms with E-state index in [1.165, 1.54) is 65.8 Å². The summed E-state index contributed by atoms with van der Waals surface area (Å²) in [6.07, 6.45) is 8.53. The van der Waals surface area contributed by atoms with Crippen molar-refractivity contribution in [3.8, 4) is 0 Å². The van der Waals surface area contributed by atoms with Gasteiger partial charge in [0.2, 0.25) is 0 Å². The maximum atomic E-state index is 13.4. The van der Waals surface area contributed by atoms with Gasteiger partial charge in [0.25, 0.3) is 0 Å². The molecule has 1 aromatic carbocycles. The lowest BCUT2D eigenvalue weighted by Crippen LogP contribution is -2.60. The fourth-order valence-electron chi connectivity index (χ4n) is 5.62. The molecule has 28 heavy (non-hydrogen) atoms. The van der Waals surface area contributed by atoms with E-state index in [1.54, 1.807) is 0 Å². The van der Waals surface area contributed by atoms with Crippen molar-refractivity contribution >= 4 is 22.8 Å². The number of hydrogen-bond donors (Lipinski definition) is 0. The topological polar surface area (TPSA) is 23.6 Å². The maximum absolute atomic E-state index is 13.4. The molecule has 5 rings (SSSR count). The monoisotopic (exact) mass is 394 g/mol. The Morgan fingerprint density at radius 1 is 1.00 bits per heavy atom. The van der Waals surface area contributed by atoms with E-state index in [9.17, 15) is 4.79 Å². The van der Waals surface area contributed by atoms with Crippen LogP contribution in [0.15, 0.2) is 29.6 Å². The molecule has 1 fully saturated rings. The minimum absolute atomic E-state index is 0.288. The van der Waals surface area contributed by atoms with E-state index in [0.29, 0.717) is 0 Å². The number of hydrogen-bond acceptors (Lipinski definition) is 4. The quantitative estimate of drug-likeness (QED) is 0.759. The van der Waals surface area contributed by atoms with Crippen LogP contribution in [0.25, 0.3) is 0 Å². The first-order valence-electron chi connectivity index (χ1n) is 10.9. The van der Waals surface area contributed by atoms with Crippen molar-refractivity contribution in [2.24, 2.45) is 0 Å². The molecule has 3 heterocycles. The Balaban J connectivity index is 1.61. The van der Waals surface area contributed by atoms with Gasteiger partial charge in [0.05, 0.1) is 0 Å². The van der Waals surface area contributed by atoms with Crippen molar-refractivity contribution in [3.63, 3.8) is 0 Å². The zero-order valence-electron chi connectivity index (χ0n) is 16.9. The maximum Gasteiger partial charge on any atom is 0.161 e. The number of aryl methyl sites for hydroxylation is 2. The first-order valence-corrected chi connectivity index (χ1v) is 11.8. The number of nitrogens with zero attached hydrogens (tertiary/aromatic N) is 2. The Hall–Kier alpha value is -1.65. The lowest BCUT2D eigenvalue weighted by molar-refractivity contribution is -0.123. The van der Waals surface area contributed by atoms with Gasteiger partial charge < -0.3 is 9.80 Å². The van der Waals surface area contributed by atoms with E-state index in [1.807, 2.05) is 18.3 Å². The highest BCUT2D eigenvalue weighted by Crippen LogP contribution is 2.43. The van der Waals surface area contributed by atoms with E-state index in [2.05, 4.69) is 39.4 Å². The minimum Gasteiger partial charge on any atom is -0.354 e. The van der Waals surface area contributed by atoms with Crippen LogP contribution < -0.4 is 4.90 Å². The Labute approximate surface area is 172 Å². The van der Waals surface area contributed by atoms with Crippen LogP contribution in [0, 0.1) is 0 Å². The van der Waals surface area contributed by atoms with Crippen LogP contribution in [0.1, 0.15) is 54.2 Å². The van der Waals surface area contributed by atoms with Crippen molar-refractivity contribution in [2.75, 3.05) is 31.1 Å². The summed E-state index contributed by atoms with van der Waals surface area (Å²) in [4.78, 5) is 19.8. The highest BCUT2D eigenvalue weighted by molar-refractivity contribution is 7.10. The van der Waals surface area contributed by atoms with Crippen LogP contribution in [-0.2, 0) is 29.6 Å². The summed E-state index contributed by atoms with van der Waals surface area (Å²) < 4.78 is 0. The molecular formula is C24H30N2OS. The molecule has 1 aliphatic carbocycles. The Kier molecular flexibility index (Phi) is 4.80. The molecule has 2 aromatic rings. The molecule has 3 aliphatic rings. The summed E-state index contributed by atoms with van der Waals surface area (Å²) in [7, 11) is 0. The number of Topliss-reactive ketones (excluding diaryl/α,β-unsaturated/α-hetero) is 1. The van der Waals surface area contributed by atoms with E-state index in [0.717, 1.165) is 32.6 Å². The molecular weight excluding hydrogens is 364 g/mol. The second kappa shape index (κ2) is 7.31. The predicted molar refractivity (Wildman–Crippen MR) is 116 cm³/mol. The van der Waals surface area contributed by atoms with Crippen LogP contribution >= 0.6 is 11.3 Å². The molecule has 0 amide bonds. The molecule has 1 aromatic heterocycles. The molecule has 0 N–H and O–H groups in total. The van der Waals surface area contributed by atoms with Gasteiger partial charge in [-0.1, -0.05) is 6.07 Å².